The molecule has 2 rings (SSSR count). The van der Waals surface area contributed by atoms with E-state index in [2.05, 4.69) is 37.1 Å². The lowest BCUT2D eigenvalue weighted by Gasteiger charge is -2.14. The normalized spacial score (nSPS) is 11.6. The Hall–Kier alpha value is -2.20. The molecular formula is C20H22O. The van der Waals surface area contributed by atoms with Gasteiger partial charge in [0.2, 0.25) is 0 Å². The summed E-state index contributed by atoms with van der Waals surface area (Å²) in [6, 6.07) is 18.5. The van der Waals surface area contributed by atoms with Gasteiger partial charge in [0.15, 0.2) is 0 Å². The first-order valence-electron chi connectivity index (χ1n) is 7.53. The first-order chi connectivity index (χ1) is 10.3. The average molecular weight is 278 g/mol. The third-order valence-electron chi connectivity index (χ3n) is 3.60. The van der Waals surface area contributed by atoms with Crippen LogP contribution in [0.5, 0.6) is 5.75 Å². The SMILES string of the molecule is C#CCC(CCC)c1ccc(OCc2ccccc2)cc1. The van der Waals surface area contributed by atoms with Gasteiger partial charge >= 0.3 is 0 Å². The molecule has 0 amide bonds. The van der Waals surface area contributed by atoms with Gasteiger partial charge in [-0.1, -0.05) is 55.8 Å². The molecule has 0 heterocycles. The van der Waals surface area contributed by atoms with Crippen molar-refractivity contribution in [2.45, 2.75) is 38.7 Å². The molecule has 0 spiro atoms. The summed E-state index contributed by atoms with van der Waals surface area (Å²) >= 11 is 0. The molecule has 0 fully saturated rings. The van der Waals surface area contributed by atoms with E-state index in [1.165, 1.54) is 11.1 Å². The highest BCUT2D eigenvalue weighted by molar-refractivity contribution is 5.30. The monoisotopic (exact) mass is 278 g/mol. The molecule has 0 bridgehead atoms. The van der Waals surface area contributed by atoms with Crippen LogP contribution in [0.25, 0.3) is 0 Å². The van der Waals surface area contributed by atoms with Crippen molar-refractivity contribution >= 4 is 0 Å². The summed E-state index contributed by atoms with van der Waals surface area (Å²) in [4.78, 5) is 0. The first kappa shape index (κ1) is 15.2. The van der Waals surface area contributed by atoms with Crippen LogP contribution in [-0.2, 0) is 6.61 Å². The smallest absolute Gasteiger partial charge is 0.119 e. The molecule has 2 aromatic carbocycles. The number of hydrogen-bond acceptors (Lipinski definition) is 1. The predicted octanol–water partition coefficient (Wildman–Crippen LogP) is 5.17. The second kappa shape index (κ2) is 8.17. The van der Waals surface area contributed by atoms with E-state index in [0.717, 1.165) is 25.0 Å². The number of ether oxygens (including phenoxy) is 1. The zero-order chi connectivity index (χ0) is 14.9. The molecule has 1 unspecified atom stereocenters. The topological polar surface area (TPSA) is 9.23 Å². The largest absolute Gasteiger partial charge is 0.489 e. The standard InChI is InChI=1S/C20H22O/c1-3-8-18(9-4-2)19-12-14-20(15-13-19)21-16-17-10-6-5-7-11-17/h1,5-7,10-15,18H,4,8-9,16H2,2H3. The summed E-state index contributed by atoms with van der Waals surface area (Å²) in [7, 11) is 0. The Labute approximate surface area is 128 Å². The van der Waals surface area contributed by atoms with Gasteiger partial charge in [-0.15, -0.1) is 12.3 Å². The molecule has 0 radical (unpaired) electrons. The van der Waals surface area contributed by atoms with Crippen molar-refractivity contribution in [3.8, 4) is 18.1 Å². The lowest BCUT2D eigenvalue weighted by Crippen LogP contribution is -1.99. The molecule has 0 aliphatic heterocycles. The van der Waals surface area contributed by atoms with E-state index in [0.29, 0.717) is 12.5 Å². The third-order valence-corrected chi connectivity index (χ3v) is 3.60. The van der Waals surface area contributed by atoms with Crippen molar-refractivity contribution in [2.24, 2.45) is 0 Å². The lowest BCUT2D eigenvalue weighted by atomic mass is 9.92. The maximum Gasteiger partial charge on any atom is 0.119 e. The molecular weight excluding hydrogens is 256 g/mol. The van der Waals surface area contributed by atoms with Crippen LogP contribution in [-0.4, -0.2) is 0 Å². The fraction of sp³-hybridized carbons (Fsp3) is 0.300. The van der Waals surface area contributed by atoms with Crippen LogP contribution in [0.3, 0.4) is 0 Å². The number of terminal acetylenes is 1. The van der Waals surface area contributed by atoms with Crippen molar-refractivity contribution in [2.75, 3.05) is 0 Å². The maximum absolute atomic E-state index is 5.81. The van der Waals surface area contributed by atoms with E-state index < -0.39 is 0 Å². The fourth-order valence-electron chi connectivity index (χ4n) is 2.45. The van der Waals surface area contributed by atoms with Crippen LogP contribution in [0.4, 0.5) is 0 Å². The molecule has 0 saturated heterocycles. The van der Waals surface area contributed by atoms with Gasteiger partial charge < -0.3 is 4.74 Å². The molecule has 0 aliphatic rings. The van der Waals surface area contributed by atoms with Crippen LogP contribution < -0.4 is 4.74 Å². The Balaban J connectivity index is 1.96. The molecule has 0 saturated carbocycles. The molecule has 0 N–H and O–H groups in total. The highest BCUT2D eigenvalue weighted by Crippen LogP contribution is 2.26. The van der Waals surface area contributed by atoms with Gasteiger partial charge in [0.25, 0.3) is 0 Å². The summed E-state index contributed by atoms with van der Waals surface area (Å²) in [5.74, 6) is 4.14. The second-order valence-electron chi connectivity index (χ2n) is 5.24. The maximum atomic E-state index is 5.81. The summed E-state index contributed by atoms with van der Waals surface area (Å²) < 4.78 is 5.81. The summed E-state index contributed by atoms with van der Waals surface area (Å²) in [6.07, 6.45) is 8.55. The van der Waals surface area contributed by atoms with E-state index in [1.807, 2.05) is 30.3 Å². The van der Waals surface area contributed by atoms with Crippen LogP contribution in [0.1, 0.15) is 43.2 Å². The lowest BCUT2D eigenvalue weighted by molar-refractivity contribution is 0.306. The predicted molar refractivity (Wildman–Crippen MR) is 88.3 cm³/mol. The summed E-state index contributed by atoms with van der Waals surface area (Å²) in [5, 5.41) is 0. The van der Waals surface area contributed by atoms with Crippen LogP contribution in [0, 0.1) is 12.3 Å². The van der Waals surface area contributed by atoms with Gasteiger partial charge in [-0.25, -0.2) is 0 Å². The van der Waals surface area contributed by atoms with Gasteiger partial charge in [0.1, 0.15) is 12.4 Å². The van der Waals surface area contributed by atoms with Gasteiger partial charge in [-0.3, -0.25) is 0 Å². The van der Waals surface area contributed by atoms with Gasteiger partial charge in [0, 0.05) is 6.42 Å². The van der Waals surface area contributed by atoms with E-state index in [9.17, 15) is 0 Å². The van der Waals surface area contributed by atoms with Gasteiger partial charge in [0.05, 0.1) is 0 Å². The van der Waals surface area contributed by atoms with E-state index >= 15 is 0 Å². The van der Waals surface area contributed by atoms with E-state index in [1.54, 1.807) is 0 Å². The van der Waals surface area contributed by atoms with Crippen molar-refractivity contribution in [3.63, 3.8) is 0 Å². The minimum Gasteiger partial charge on any atom is -0.489 e. The van der Waals surface area contributed by atoms with Crippen molar-refractivity contribution in [1.82, 2.24) is 0 Å². The van der Waals surface area contributed by atoms with Gasteiger partial charge in [-0.05, 0) is 35.6 Å². The quantitative estimate of drug-likeness (QED) is 0.635. The molecule has 1 nitrogen and oxygen atoms in total. The summed E-state index contributed by atoms with van der Waals surface area (Å²) in [5.41, 5.74) is 2.49. The molecule has 0 aliphatic carbocycles. The van der Waals surface area contributed by atoms with E-state index in [4.69, 9.17) is 11.2 Å². The molecule has 1 atom stereocenters. The van der Waals surface area contributed by atoms with E-state index in [-0.39, 0.29) is 0 Å². The molecule has 0 aromatic heterocycles. The molecule has 108 valence electrons. The highest BCUT2D eigenvalue weighted by atomic mass is 16.5. The van der Waals surface area contributed by atoms with Gasteiger partial charge in [-0.2, -0.15) is 0 Å². The molecule has 2 aromatic rings. The van der Waals surface area contributed by atoms with Crippen molar-refractivity contribution in [1.29, 1.82) is 0 Å². The number of rotatable bonds is 7. The third kappa shape index (κ3) is 4.68. The Bertz CT molecular complexity index is 563. The fourth-order valence-corrected chi connectivity index (χ4v) is 2.45. The minimum atomic E-state index is 0.461. The average Bonchev–Trinajstić information content (AvgIpc) is 2.54. The highest BCUT2D eigenvalue weighted by Gasteiger charge is 2.09. The minimum absolute atomic E-state index is 0.461. The number of hydrogen-bond donors (Lipinski definition) is 0. The Morgan fingerprint density at radius 2 is 1.76 bits per heavy atom. The van der Waals surface area contributed by atoms with Crippen molar-refractivity contribution in [3.05, 3.63) is 65.7 Å². The second-order valence-corrected chi connectivity index (χ2v) is 5.24. The first-order valence-corrected chi connectivity index (χ1v) is 7.53. The Morgan fingerprint density at radius 1 is 1.05 bits per heavy atom. The van der Waals surface area contributed by atoms with Crippen LogP contribution >= 0.6 is 0 Å². The molecule has 21 heavy (non-hydrogen) atoms. The van der Waals surface area contributed by atoms with Crippen molar-refractivity contribution < 1.29 is 4.74 Å². The Kier molecular flexibility index (Phi) is 5.91. The van der Waals surface area contributed by atoms with Crippen LogP contribution in [0.15, 0.2) is 54.6 Å². The Morgan fingerprint density at radius 3 is 2.38 bits per heavy atom. The van der Waals surface area contributed by atoms with Crippen LogP contribution in [0.2, 0.25) is 0 Å². The number of benzene rings is 2. The zero-order valence-corrected chi connectivity index (χ0v) is 12.6. The summed E-state index contributed by atoms with van der Waals surface area (Å²) in [6.45, 7) is 2.80. The molecule has 1 heteroatoms. The zero-order valence-electron chi connectivity index (χ0n) is 12.6.